The van der Waals surface area contributed by atoms with E-state index < -0.39 is 0 Å². The molecule has 1 N–H and O–H groups in total. The Hall–Kier alpha value is -1.55. The van der Waals surface area contributed by atoms with E-state index >= 15 is 0 Å². The second-order valence-corrected chi connectivity index (χ2v) is 4.98. The Morgan fingerprint density at radius 1 is 1.20 bits per heavy atom. The van der Waals surface area contributed by atoms with Crippen LogP contribution in [0.25, 0.3) is 0 Å². The summed E-state index contributed by atoms with van der Waals surface area (Å²) in [7, 11) is 1.60. The largest absolute Gasteiger partial charge is 0.493 e. The summed E-state index contributed by atoms with van der Waals surface area (Å²) in [6.45, 7) is 7.18. The Kier molecular flexibility index (Phi) is 7.09. The molecule has 0 amide bonds. The number of hydrogen-bond donors (Lipinski definition) is 1. The highest BCUT2D eigenvalue weighted by Gasteiger charge is 2.13. The van der Waals surface area contributed by atoms with Gasteiger partial charge in [-0.25, -0.2) is 0 Å². The van der Waals surface area contributed by atoms with E-state index in [0.29, 0.717) is 18.3 Å². The maximum atomic E-state index is 7.54. The molecule has 0 unspecified atom stereocenters. The summed E-state index contributed by atoms with van der Waals surface area (Å²) < 4.78 is 16.3. The molecule has 1 rings (SSSR count). The van der Waals surface area contributed by atoms with Crippen molar-refractivity contribution in [3.63, 3.8) is 0 Å². The van der Waals surface area contributed by atoms with Crippen LogP contribution in [0.4, 0.5) is 0 Å². The Bertz CT molecular complexity index is 430. The van der Waals surface area contributed by atoms with Gasteiger partial charge in [0.05, 0.1) is 6.61 Å². The summed E-state index contributed by atoms with van der Waals surface area (Å²) in [5, 5.41) is 7.54. The Balaban J connectivity index is 3.05. The molecule has 0 aromatic heterocycles. The van der Waals surface area contributed by atoms with Gasteiger partial charge in [0.25, 0.3) is 0 Å². The molecule has 0 bridgehead atoms. The van der Waals surface area contributed by atoms with Crippen molar-refractivity contribution in [3.05, 3.63) is 23.3 Å². The molecule has 0 aliphatic rings. The molecule has 0 radical (unpaired) electrons. The molecule has 1 aromatic carbocycles. The van der Waals surface area contributed by atoms with E-state index in [9.17, 15) is 0 Å². The van der Waals surface area contributed by atoms with Crippen LogP contribution in [0.1, 0.15) is 50.7 Å². The van der Waals surface area contributed by atoms with Crippen LogP contribution in [0.3, 0.4) is 0 Å². The van der Waals surface area contributed by atoms with Gasteiger partial charge in [-0.3, -0.25) is 0 Å². The second-order valence-electron chi connectivity index (χ2n) is 4.98. The average Bonchev–Trinajstić information content (AvgIpc) is 2.44. The zero-order chi connectivity index (χ0) is 15.0. The van der Waals surface area contributed by atoms with E-state index in [1.807, 2.05) is 12.1 Å². The third-order valence-corrected chi connectivity index (χ3v) is 3.01. The summed E-state index contributed by atoms with van der Waals surface area (Å²) in [5.74, 6) is 1.77. The molecule has 0 saturated carbocycles. The van der Waals surface area contributed by atoms with E-state index in [2.05, 4.69) is 20.8 Å². The molecule has 112 valence electrons. The highest BCUT2D eigenvalue weighted by Crippen LogP contribution is 2.33. The Morgan fingerprint density at radius 3 is 2.50 bits per heavy atom. The van der Waals surface area contributed by atoms with Gasteiger partial charge in [0.2, 0.25) is 0 Å². The normalized spacial score (nSPS) is 10.7. The zero-order valence-electron chi connectivity index (χ0n) is 12.9. The van der Waals surface area contributed by atoms with E-state index in [1.165, 1.54) is 6.21 Å². The van der Waals surface area contributed by atoms with Gasteiger partial charge < -0.3 is 19.6 Å². The minimum absolute atomic E-state index is 0.206. The third kappa shape index (κ3) is 4.53. The number of nitrogens with one attached hydrogen (secondary N) is 1. The topological polar surface area (TPSA) is 51.5 Å². The third-order valence-electron chi connectivity index (χ3n) is 3.01. The van der Waals surface area contributed by atoms with E-state index in [4.69, 9.17) is 19.6 Å². The van der Waals surface area contributed by atoms with Gasteiger partial charge in [-0.2, -0.15) is 0 Å². The van der Waals surface area contributed by atoms with Gasteiger partial charge in [-0.05, 0) is 24.0 Å². The van der Waals surface area contributed by atoms with Gasteiger partial charge in [0.1, 0.15) is 11.5 Å². The van der Waals surface area contributed by atoms with Crippen LogP contribution < -0.4 is 9.47 Å². The summed E-state index contributed by atoms with van der Waals surface area (Å²) >= 11 is 0. The van der Waals surface area contributed by atoms with Crippen LogP contribution in [0.2, 0.25) is 0 Å². The number of rotatable bonds is 9. The van der Waals surface area contributed by atoms with Crippen molar-refractivity contribution in [1.82, 2.24) is 0 Å². The maximum absolute atomic E-state index is 7.54. The van der Waals surface area contributed by atoms with E-state index in [-0.39, 0.29) is 6.79 Å². The van der Waals surface area contributed by atoms with E-state index in [0.717, 1.165) is 29.7 Å². The molecule has 1 aromatic rings. The predicted octanol–water partition coefficient (Wildman–Crippen LogP) is 3.97. The molecular formula is C16H25NO3. The minimum atomic E-state index is 0.206. The smallest absolute Gasteiger partial charge is 0.188 e. The number of hydrogen-bond acceptors (Lipinski definition) is 4. The first-order valence-electron chi connectivity index (χ1n) is 7.07. The van der Waals surface area contributed by atoms with Gasteiger partial charge in [-0.1, -0.05) is 27.2 Å². The van der Waals surface area contributed by atoms with Crippen LogP contribution >= 0.6 is 0 Å². The van der Waals surface area contributed by atoms with Crippen molar-refractivity contribution in [2.75, 3.05) is 20.5 Å². The number of unbranched alkanes of at least 4 members (excludes halogenated alkanes) is 1. The van der Waals surface area contributed by atoms with Crippen LogP contribution in [0, 0.1) is 5.41 Å². The van der Waals surface area contributed by atoms with Crippen molar-refractivity contribution in [1.29, 1.82) is 5.41 Å². The molecule has 0 heterocycles. The van der Waals surface area contributed by atoms with Crippen molar-refractivity contribution in [3.8, 4) is 11.5 Å². The fourth-order valence-corrected chi connectivity index (χ4v) is 1.86. The highest BCUT2D eigenvalue weighted by molar-refractivity contribution is 5.82. The molecule has 0 aliphatic heterocycles. The second kappa shape index (κ2) is 8.59. The lowest BCUT2D eigenvalue weighted by atomic mass is 9.99. The molecule has 0 aliphatic carbocycles. The lowest BCUT2D eigenvalue weighted by Gasteiger charge is -2.17. The maximum Gasteiger partial charge on any atom is 0.188 e. The van der Waals surface area contributed by atoms with Gasteiger partial charge >= 0.3 is 0 Å². The Morgan fingerprint density at radius 2 is 1.95 bits per heavy atom. The molecule has 4 heteroatoms. The number of benzene rings is 1. The zero-order valence-corrected chi connectivity index (χ0v) is 12.9. The summed E-state index contributed by atoms with van der Waals surface area (Å²) in [6, 6.07) is 3.83. The van der Waals surface area contributed by atoms with Gasteiger partial charge in [0, 0.05) is 25.0 Å². The predicted molar refractivity (Wildman–Crippen MR) is 81.3 cm³/mol. The first-order valence-corrected chi connectivity index (χ1v) is 7.07. The molecule has 0 spiro atoms. The van der Waals surface area contributed by atoms with Crippen LogP contribution in [0.5, 0.6) is 11.5 Å². The van der Waals surface area contributed by atoms with Gasteiger partial charge in [0.15, 0.2) is 6.79 Å². The monoisotopic (exact) mass is 279 g/mol. The Labute approximate surface area is 121 Å². The highest BCUT2D eigenvalue weighted by atomic mass is 16.7. The first-order chi connectivity index (χ1) is 9.63. The standard InChI is InChI=1S/C16H25NO3/c1-5-6-7-19-15-9-16(20-11-18-4)14(12(2)3)8-13(15)10-17/h8-10,12,17H,5-7,11H2,1-4H3. The first kappa shape index (κ1) is 16.5. The summed E-state index contributed by atoms with van der Waals surface area (Å²) in [6.07, 6.45) is 3.40. The number of methoxy groups -OCH3 is 1. The van der Waals surface area contributed by atoms with Crippen LogP contribution in [-0.2, 0) is 4.74 Å². The molecule has 0 fully saturated rings. The van der Waals surface area contributed by atoms with Crippen LogP contribution in [0.15, 0.2) is 12.1 Å². The van der Waals surface area contributed by atoms with Crippen molar-refractivity contribution in [2.45, 2.75) is 39.5 Å². The lowest BCUT2D eigenvalue weighted by Crippen LogP contribution is -2.06. The molecule has 0 atom stereocenters. The lowest BCUT2D eigenvalue weighted by molar-refractivity contribution is 0.0501. The minimum Gasteiger partial charge on any atom is -0.493 e. The fourth-order valence-electron chi connectivity index (χ4n) is 1.86. The summed E-state index contributed by atoms with van der Waals surface area (Å²) in [5.41, 5.74) is 1.85. The fraction of sp³-hybridized carbons (Fsp3) is 0.562. The number of ether oxygens (including phenoxy) is 3. The quantitative estimate of drug-likeness (QED) is 0.423. The average molecular weight is 279 g/mol. The van der Waals surface area contributed by atoms with Crippen LogP contribution in [-0.4, -0.2) is 26.7 Å². The molecule has 4 nitrogen and oxygen atoms in total. The van der Waals surface area contributed by atoms with E-state index in [1.54, 1.807) is 7.11 Å². The van der Waals surface area contributed by atoms with Gasteiger partial charge in [-0.15, -0.1) is 0 Å². The van der Waals surface area contributed by atoms with Crippen molar-refractivity contribution < 1.29 is 14.2 Å². The summed E-state index contributed by atoms with van der Waals surface area (Å²) in [4.78, 5) is 0. The molecular weight excluding hydrogens is 254 g/mol. The SMILES string of the molecule is CCCCOc1cc(OCOC)c(C(C)C)cc1C=N. The molecule has 20 heavy (non-hydrogen) atoms. The van der Waals surface area contributed by atoms with Crippen molar-refractivity contribution >= 4 is 6.21 Å². The van der Waals surface area contributed by atoms with Crippen molar-refractivity contribution in [2.24, 2.45) is 0 Å². The molecule has 0 saturated heterocycles.